The number of rotatable bonds is 6. The molecule has 1 aliphatic heterocycles. The minimum atomic E-state index is 0.694. The first-order valence-corrected chi connectivity index (χ1v) is 8.11. The van der Waals surface area contributed by atoms with Gasteiger partial charge in [-0.1, -0.05) is 0 Å². The average Bonchev–Trinajstić information content (AvgIpc) is 2.88. The lowest BCUT2D eigenvalue weighted by Crippen LogP contribution is -2.44. The summed E-state index contributed by atoms with van der Waals surface area (Å²) in [5.74, 6) is 1.56. The van der Waals surface area contributed by atoms with Crippen molar-refractivity contribution < 1.29 is 9.15 Å². The van der Waals surface area contributed by atoms with Crippen LogP contribution in [0.1, 0.15) is 18.7 Å². The highest BCUT2D eigenvalue weighted by Crippen LogP contribution is 2.21. The van der Waals surface area contributed by atoms with Crippen molar-refractivity contribution in [2.75, 3.05) is 46.4 Å². The number of benzene rings is 1. The topological polar surface area (TPSA) is 41.7 Å². The van der Waals surface area contributed by atoms with Crippen molar-refractivity contribution in [3.05, 3.63) is 24.1 Å². The Bertz CT molecular complexity index is 603. The number of oxazole rings is 1. The van der Waals surface area contributed by atoms with E-state index in [9.17, 15) is 0 Å². The maximum absolute atomic E-state index is 5.82. The van der Waals surface area contributed by atoms with Gasteiger partial charge in [-0.25, -0.2) is 4.98 Å². The maximum atomic E-state index is 5.82. The van der Waals surface area contributed by atoms with Crippen LogP contribution < -0.4 is 4.74 Å². The van der Waals surface area contributed by atoms with Gasteiger partial charge in [-0.3, -0.25) is 0 Å². The molecule has 2 aromatic rings. The Kier molecular flexibility index (Phi) is 4.95. The van der Waals surface area contributed by atoms with Gasteiger partial charge in [0.25, 0.3) is 0 Å². The van der Waals surface area contributed by atoms with Crippen molar-refractivity contribution in [2.24, 2.45) is 0 Å². The third-order valence-corrected chi connectivity index (χ3v) is 4.20. The zero-order valence-electron chi connectivity index (χ0n) is 13.5. The summed E-state index contributed by atoms with van der Waals surface area (Å²) in [5.41, 5.74) is 1.69. The summed E-state index contributed by atoms with van der Waals surface area (Å²) in [6, 6.07) is 5.84. The number of fused-ring (bicyclic) bond motifs is 1. The first kappa shape index (κ1) is 15.3. The van der Waals surface area contributed by atoms with E-state index in [1.54, 1.807) is 0 Å². The van der Waals surface area contributed by atoms with Crippen LogP contribution in [0.4, 0.5) is 0 Å². The molecule has 0 atom stereocenters. The Labute approximate surface area is 131 Å². The highest BCUT2D eigenvalue weighted by Gasteiger charge is 2.12. The van der Waals surface area contributed by atoms with Gasteiger partial charge in [0.15, 0.2) is 11.5 Å². The molecule has 3 rings (SSSR count). The molecule has 1 aliphatic rings. The predicted octanol–water partition coefficient (Wildman–Crippen LogP) is 2.54. The standard InChI is InChI=1S/C17H25N3O2/c1-14-18-16-6-5-15(13-17(16)22-14)21-12-4-3-7-20-10-8-19(2)9-11-20/h5-6,13H,3-4,7-12H2,1-2H3. The molecule has 0 bridgehead atoms. The molecule has 1 fully saturated rings. The number of unbranched alkanes of at least 4 members (excludes halogenated alkanes) is 1. The van der Waals surface area contributed by atoms with Gasteiger partial charge in [0.1, 0.15) is 11.3 Å². The first-order valence-electron chi connectivity index (χ1n) is 8.11. The number of piperazine rings is 1. The van der Waals surface area contributed by atoms with E-state index in [0.717, 1.165) is 29.9 Å². The summed E-state index contributed by atoms with van der Waals surface area (Å²) in [6.45, 7) is 8.56. The molecular formula is C17H25N3O2. The minimum absolute atomic E-state index is 0.694. The Morgan fingerprint density at radius 2 is 2.00 bits per heavy atom. The van der Waals surface area contributed by atoms with Crippen LogP contribution in [0.15, 0.2) is 22.6 Å². The van der Waals surface area contributed by atoms with Crippen LogP contribution >= 0.6 is 0 Å². The number of likely N-dealkylation sites (N-methyl/N-ethyl adjacent to an activating group) is 1. The third kappa shape index (κ3) is 3.99. The van der Waals surface area contributed by atoms with Crippen LogP contribution in [-0.2, 0) is 0 Å². The lowest BCUT2D eigenvalue weighted by Gasteiger charge is -2.32. The van der Waals surface area contributed by atoms with E-state index in [1.165, 1.54) is 39.1 Å². The van der Waals surface area contributed by atoms with Crippen LogP contribution in [0, 0.1) is 6.92 Å². The van der Waals surface area contributed by atoms with Gasteiger partial charge in [0, 0.05) is 39.2 Å². The summed E-state index contributed by atoms with van der Waals surface area (Å²) >= 11 is 0. The zero-order valence-corrected chi connectivity index (χ0v) is 13.5. The Hall–Kier alpha value is -1.59. The van der Waals surface area contributed by atoms with E-state index in [2.05, 4.69) is 21.8 Å². The highest BCUT2D eigenvalue weighted by molar-refractivity contribution is 5.74. The van der Waals surface area contributed by atoms with Crippen LogP contribution in [-0.4, -0.2) is 61.2 Å². The van der Waals surface area contributed by atoms with Crippen LogP contribution in [0.3, 0.4) is 0 Å². The molecule has 5 nitrogen and oxygen atoms in total. The second-order valence-corrected chi connectivity index (χ2v) is 6.06. The number of hydrogen-bond donors (Lipinski definition) is 0. The van der Waals surface area contributed by atoms with Crippen molar-refractivity contribution in [1.82, 2.24) is 14.8 Å². The van der Waals surface area contributed by atoms with E-state index >= 15 is 0 Å². The summed E-state index contributed by atoms with van der Waals surface area (Å²) in [7, 11) is 2.19. The molecule has 0 aliphatic carbocycles. The largest absolute Gasteiger partial charge is 0.493 e. The molecule has 0 amide bonds. The van der Waals surface area contributed by atoms with E-state index in [1.807, 2.05) is 25.1 Å². The molecule has 0 radical (unpaired) electrons. The molecule has 1 aromatic carbocycles. The van der Waals surface area contributed by atoms with Crippen molar-refractivity contribution in [2.45, 2.75) is 19.8 Å². The van der Waals surface area contributed by atoms with Crippen molar-refractivity contribution in [3.63, 3.8) is 0 Å². The monoisotopic (exact) mass is 303 g/mol. The van der Waals surface area contributed by atoms with Crippen LogP contribution in [0.2, 0.25) is 0 Å². The third-order valence-electron chi connectivity index (χ3n) is 4.20. The minimum Gasteiger partial charge on any atom is -0.493 e. The molecular weight excluding hydrogens is 278 g/mol. The number of aryl methyl sites for hydroxylation is 1. The van der Waals surface area contributed by atoms with Gasteiger partial charge in [-0.2, -0.15) is 0 Å². The number of ether oxygens (including phenoxy) is 1. The Morgan fingerprint density at radius 3 is 2.82 bits per heavy atom. The van der Waals surface area contributed by atoms with Gasteiger partial charge >= 0.3 is 0 Å². The smallest absolute Gasteiger partial charge is 0.192 e. The molecule has 1 aromatic heterocycles. The predicted molar refractivity (Wildman–Crippen MR) is 87.4 cm³/mol. The molecule has 0 saturated carbocycles. The summed E-state index contributed by atoms with van der Waals surface area (Å²) in [5, 5.41) is 0. The highest BCUT2D eigenvalue weighted by atomic mass is 16.5. The summed E-state index contributed by atoms with van der Waals surface area (Å²) < 4.78 is 11.3. The van der Waals surface area contributed by atoms with Crippen LogP contribution in [0.25, 0.3) is 11.1 Å². The number of hydrogen-bond acceptors (Lipinski definition) is 5. The lowest BCUT2D eigenvalue weighted by molar-refractivity contribution is 0.150. The first-order chi connectivity index (χ1) is 10.7. The molecule has 0 N–H and O–H groups in total. The average molecular weight is 303 g/mol. The van der Waals surface area contributed by atoms with Crippen molar-refractivity contribution in [1.29, 1.82) is 0 Å². The molecule has 1 saturated heterocycles. The molecule has 0 unspecified atom stereocenters. The quantitative estimate of drug-likeness (QED) is 0.767. The lowest BCUT2D eigenvalue weighted by atomic mass is 10.2. The normalized spacial score (nSPS) is 17.2. The summed E-state index contributed by atoms with van der Waals surface area (Å²) in [4.78, 5) is 9.22. The molecule has 120 valence electrons. The number of nitrogens with zero attached hydrogens (tertiary/aromatic N) is 3. The van der Waals surface area contributed by atoms with Crippen LogP contribution in [0.5, 0.6) is 5.75 Å². The van der Waals surface area contributed by atoms with Gasteiger partial charge < -0.3 is 19.0 Å². The fraction of sp³-hybridized carbons (Fsp3) is 0.588. The molecule has 22 heavy (non-hydrogen) atoms. The van der Waals surface area contributed by atoms with Gasteiger partial charge in [0.05, 0.1) is 6.61 Å². The van der Waals surface area contributed by atoms with Crippen molar-refractivity contribution in [3.8, 4) is 5.75 Å². The molecule has 0 spiro atoms. The second-order valence-electron chi connectivity index (χ2n) is 6.06. The second kappa shape index (κ2) is 7.11. The molecule has 2 heterocycles. The number of aromatic nitrogens is 1. The Balaban J connectivity index is 1.37. The fourth-order valence-electron chi connectivity index (χ4n) is 2.81. The van der Waals surface area contributed by atoms with Crippen molar-refractivity contribution >= 4 is 11.1 Å². The van der Waals surface area contributed by atoms with E-state index in [-0.39, 0.29) is 0 Å². The van der Waals surface area contributed by atoms with E-state index in [4.69, 9.17) is 9.15 Å². The summed E-state index contributed by atoms with van der Waals surface area (Å²) in [6.07, 6.45) is 2.27. The zero-order chi connectivity index (χ0) is 15.4. The SMILES string of the molecule is Cc1nc2ccc(OCCCCN3CCN(C)CC3)cc2o1. The van der Waals surface area contributed by atoms with Gasteiger partial charge in [-0.15, -0.1) is 0 Å². The Morgan fingerprint density at radius 1 is 1.18 bits per heavy atom. The van der Waals surface area contributed by atoms with Gasteiger partial charge in [0.2, 0.25) is 0 Å². The fourth-order valence-corrected chi connectivity index (χ4v) is 2.81. The molecule has 5 heteroatoms. The maximum Gasteiger partial charge on any atom is 0.192 e. The van der Waals surface area contributed by atoms with Gasteiger partial charge in [-0.05, 0) is 38.6 Å². The van der Waals surface area contributed by atoms with E-state index in [0.29, 0.717) is 5.89 Å². The van der Waals surface area contributed by atoms with E-state index < -0.39 is 0 Å².